The lowest BCUT2D eigenvalue weighted by atomic mass is 9.82. The van der Waals surface area contributed by atoms with E-state index >= 15 is 0 Å². The molecule has 0 spiro atoms. The molecule has 90 valence electrons. The molecule has 1 nitrogen and oxygen atoms in total. The average Bonchev–Trinajstić information content (AvgIpc) is 3.00. The Balaban J connectivity index is 1.87. The van der Waals surface area contributed by atoms with Crippen molar-refractivity contribution < 1.29 is 4.21 Å². The Kier molecular flexibility index (Phi) is 2.43. The first kappa shape index (κ1) is 10.9. The highest BCUT2D eigenvalue weighted by atomic mass is 33.5. The molecule has 1 aromatic rings. The summed E-state index contributed by atoms with van der Waals surface area (Å²) in [4.78, 5) is 0. The molecule has 1 unspecified atom stereocenters. The molecule has 2 bridgehead atoms. The van der Waals surface area contributed by atoms with Crippen LogP contribution in [0.25, 0.3) is 0 Å². The highest BCUT2D eigenvalue weighted by Crippen LogP contribution is 2.71. The summed E-state index contributed by atoms with van der Waals surface area (Å²) >= 11 is 0. The number of rotatable bonds is 1. The second kappa shape index (κ2) is 3.78. The molecule has 3 fully saturated rings. The van der Waals surface area contributed by atoms with Gasteiger partial charge in [-0.05, 0) is 58.2 Å². The highest BCUT2D eigenvalue weighted by molar-refractivity contribution is 9.03. The quantitative estimate of drug-likeness (QED) is 0.730. The first-order valence-electron chi connectivity index (χ1n) is 6.14. The molecule has 3 aliphatic rings. The predicted octanol–water partition coefficient (Wildman–Crippen LogP) is 3.74. The molecule has 0 N–H and O–H groups in total. The SMILES string of the molecule is O=S1S[C@@H]2[C@H]3CC[C@H](C3)[C@]2(c2ccccc2)S1. The summed E-state index contributed by atoms with van der Waals surface area (Å²) in [5.74, 6) is 1.56. The molecule has 1 saturated heterocycles. The van der Waals surface area contributed by atoms with Crippen LogP contribution in [-0.2, 0) is 13.6 Å². The van der Waals surface area contributed by atoms with Gasteiger partial charge in [0.25, 0.3) is 0 Å². The fourth-order valence-electron chi connectivity index (χ4n) is 3.89. The van der Waals surface area contributed by atoms with Crippen molar-refractivity contribution in [3.63, 3.8) is 0 Å². The third kappa shape index (κ3) is 1.38. The lowest BCUT2D eigenvalue weighted by Crippen LogP contribution is -2.36. The molecule has 4 rings (SSSR count). The number of hydrogen-bond donors (Lipinski definition) is 0. The van der Waals surface area contributed by atoms with Gasteiger partial charge in [0.15, 0.2) is 0 Å². The van der Waals surface area contributed by atoms with Gasteiger partial charge in [-0.15, -0.1) is 0 Å². The molecule has 0 amide bonds. The predicted molar refractivity (Wildman–Crippen MR) is 76.1 cm³/mol. The van der Waals surface area contributed by atoms with Crippen molar-refractivity contribution >= 4 is 30.5 Å². The van der Waals surface area contributed by atoms with Gasteiger partial charge < -0.3 is 0 Å². The second-order valence-electron chi connectivity index (χ2n) is 5.23. The first-order valence-corrected chi connectivity index (χ1v) is 10.0. The van der Waals surface area contributed by atoms with Crippen molar-refractivity contribution in [1.82, 2.24) is 0 Å². The monoisotopic (exact) mass is 282 g/mol. The van der Waals surface area contributed by atoms with E-state index < -0.39 is 8.86 Å². The van der Waals surface area contributed by atoms with Crippen LogP contribution in [0.4, 0.5) is 0 Å². The zero-order chi connectivity index (χ0) is 11.5. The molecule has 5 atom stereocenters. The van der Waals surface area contributed by atoms with Gasteiger partial charge >= 0.3 is 0 Å². The largest absolute Gasteiger partial charge is 0.236 e. The van der Waals surface area contributed by atoms with Crippen LogP contribution in [0.2, 0.25) is 0 Å². The fourth-order valence-corrected chi connectivity index (χ4v) is 12.1. The van der Waals surface area contributed by atoms with Crippen LogP contribution in [0, 0.1) is 11.8 Å². The van der Waals surface area contributed by atoms with Crippen LogP contribution in [0.5, 0.6) is 0 Å². The Labute approximate surface area is 111 Å². The second-order valence-corrected chi connectivity index (χ2v) is 10.7. The summed E-state index contributed by atoms with van der Waals surface area (Å²) in [6.07, 6.45) is 4.05. The lowest BCUT2D eigenvalue weighted by Gasteiger charge is -2.36. The van der Waals surface area contributed by atoms with Gasteiger partial charge in [0.2, 0.25) is 0 Å². The van der Waals surface area contributed by atoms with E-state index in [9.17, 15) is 4.21 Å². The topological polar surface area (TPSA) is 17.1 Å². The normalized spacial score (nSPS) is 47.3. The van der Waals surface area contributed by atoms with Crippen molar-refractivity contribution in [1.29, 1.82) is 0 Å². The minimum absolute atomic E-state index is 0.166. The molecule has 4 heteroatoms. The molecule has 1 aromatic carbocycles. The summed E-state index contributed by atoms with van der Waals surface area (Å²) in [5.41, 5.74) is 1.42. The van der Waals surface area contributed by atoms with Crippen molar-refractivity contribution in [3.8, 4) is 0 Å². The summed E-state index contributed by atoms with van der Waals surface area (Å²) in [6, 6.07) is 10.8. The molecule has 2 aliphatic carbocycles. The lowest BCUT2D eigenvalue weighted by molar-refractivity contribution is 0.397. The Morgan fingerprint density at radius 1 is 1.24 bits per heavy atom. The smallest absolute Gasteiger partial charge is 0.142 e. The standard InChI is InChI=1S/C13H14OS3/c14-17-15-12-9-6-7-11(8-9)13(12,16-17)10-4-2-1-3-5-10/h1-5,9,11-12H,6-8H2/t9-,11+,12+,13-,17?/m0/s1. The van der Waals surface area contributed by atoms with Crippen molar-refractivity contribution in [3.05, 3.63) is 35.9 Å². The number of fused-ring (bicyclic) bond motifs is 5. The Hall–Kier alpha value is 0.0700. The van der Waals surface area contributed by atoms with Gasteiger partial charge in [-0.1, -0.05) is 30.3 Å². The number of benzene rings is 1. The third-order valence-electron chi connectivity index (χ3n) is 4.54. The van der Waals surface area contributed by atoms with Crippen LogP contribution < -0.4 is 0 Å². The van der Waals surface area contributed by atoms with Gasteiger partial charge in [0.05, 0.1) is 4.75 Å². The van der Waals surface area contributed by atoms with Gasteiger partial charge in [0.1, 0.15) is 8.86 Å². The van der Waals surface area contributed by atoms with Crippen LogP contribution in [0.1, 0.15) is 24.8 Å². The van der Waals surface area contributed by atoms with E-state index in [0.29, 0.717) is 5.25 Å². The van der Waals surface area contributed by atoms with Crippen molar-refractivity contribution in [2.75, 3.05) is 0 Å². The van der Waals surface area contributed by atoms with Gasteiger partial charge in [-0.3, -0.25) is 0 Å². The minimum atomic E-state index is -0.740. The molecule has 2 saturated carbocycles. The zero-order valence-electron chi connectivity index (χ0n) is 9.37. The van der Waals surface area contributed by atoms with E-state index in [2.05, 4.69) is 30.3 Å². The van der Waals surface area contributed by atoms with E-state index in [-0.39, 0.29) is 4.75 Å². The molecule has 1 aliphatic heterocycles. The highest BCUT2D eigenvalue weighted by Gasteiger charge is 2.64. The number of hydrogen-bond acceptors (Lipinski definition) is 3. The van der Waals surface area contributed by atoms with Crippen LogP contribution >= 0.6 is 21.6 Å². The molecule has 0 radical (unpaired) electrons. The summed E-state index contributed by atoms with van der Waals surface area (Å²) in [6.45, 7) is 0. The Morgan fingerprint density at radius 2 is 2.06 bits per heavy atom. The van der Waals surface area contributed by atoms with Gasteiger partial charge in [-0.2, -0.15) is 0 Å². The van der Waals surface area contributed by atoms with E-state index in [1.165, 1.54) is 24.8 Å². The van der Waals surface area contributed by atoms with E-state index in [1.807, 2.05) is 0 Å². The molecule has 0 aromatic heterocycles. The van der Waals surface area contributed by atoms with Crippen LogP contribution in [0.3, 0.4) is 0 Å². The molecular formula is C13H14OS3. The maximum atomic E-state index is 12.0. The molecule has 17 heavy (non-hydrogen) atoms. The van der Waals surface area contributed by atoms with Crippen LogP contribution in [0.15, 0.2) is 30.3 Å². The molecular weight excluding hydrogens is 268 g/mol. The summed E-state index contributed by atoms with van der Waals surface area (Å²) in [5, 5.41) is 0.592. The Morgan fingerprint density at radius 3 is 2.88 bits per heavy atom. The third-order valence-corrected chi connectivity index (χ3v) is 10.7. The van der Waals surface area contributed by atoms with Crippen molar-refractivity contribution in [2.24, 2.45) is 11.8 Å². The summed E-state index contributed by atoms with van der Waals surface area (Å²) in [7, 11) is 2.72. The van der Waals surface area contributed by atoms with E-state index in [0.717, 1.165) is 11.8 Å². The van der Waals surface area contributed by atoms with Gasteiger partial charge in [0, 0.05) is 5.25 Å². The fraction of sp³-hybridized carbons (Fsp3) is 0.538. The van der Waals surface area contributed by atoms with E-state index in [1.54, 1.807) is 21.6 Å². The van der Waals surface area contributed by atoms with Crippen LogP contribution in [-0.4, -0.2) is 9.46 Å². The van der Waals surface area contributed by atoms with Gasteiger partial charge in [-0.25, -0.2) is 4.21 Å². The Bertz CT molecular complexity index is 475. The maximum absolute atomic E-state index is 12.0. The van der Waals surface area contributed by atoms with Crippen molar-refractivity contribution in [2.45, 2.75) is 29.3 Å². The average molecular weight is 282 g/mol. The summed E-state index contributed by atoms with van der Waals surface area (Å²) < 4.78 is 12.2. The zero-order valence-corrected chi connectivity index (χ0v) is 11.8. The minimum Gasteiger partial charge on any atom is -0.236 e. The molecule has 1 heterocycles. The first-order chi connectivity index (χ1) is 8.30. The van der Waals surface area contributed by atoms with E-state index in [4.69, 9.17) is 0 Å². The maximum Gasteiger partial charge on any atom is 0.142 e.